The van der Waals surface area contributed by atoms with Crippen LogP contribution in [-0.4, -0.2) is 38.9 Å². The summed E-state index contributed by atoms with van der Waals surface area (Å²) < 4.78 is 19.5. The first-order chi connectivity index (χ1) is 10.3. The number of para-hydroxylation sites is 1. The second-order valence-electron chi connectivity index (χ2n) is 5.67. The summed E-state index contributed by atoms with van der Waals surface area (Å²) in [5.74, 6) is 0.383. The van der Waals surface area contributed by atoms with Crippen molar-refractivity contribution < 1.29 is 9.13 Å². The molecule has 2 atom stereocenters. The van der Waals surface area contributed by atoms with Gasteiger partial charge in [0.2, 0.25) is 0 Å². The van der Waals surface area contributed by atoms with Gasteiger partial charge in [-0.05, 0) is 38.4 Å². The van der Waals surface area contributed by atoms with Gasteiger partial charge in [0.25, 0.3) is 0 Å². The fraction of sp³-hybridized carbons (Fsp3) is 0.647. The van der Waals surface area contributed by atoms with Gasteiger partial charge in [-0.3, -0.25) is 0 Å². The first kappa shape index (κ1) is 16.2. The van der Waals surface area contributed by atoms with Crippen LogP contribution in [0.2, 0.25) is 0 Å². The van der Waals surface area contributed by atoms with E-state index in [4.69, 9.17) is 4.74 Å². The second kappa shape index (κ2) is 8.35. The standard InChI is InChI=1S/C17H27FN2O/c1-3-10-19-16(14-9-11-21-13-14)12-20(4-2)17-8-6-5-7-15(17)18/h5-8,14,16,19H,3-4,9-13H2,1-2H3. The summed E-state index contributed by atoms with van der Waals surface area (Å²) in [4.78, 5) is 2.13. The van der Waals surface area contributed by atoms with Crippen LogP contribution in [0, 0.1) is 11.7 Å². The number of nitrogens with zero attached hydrogens (tertiary/aromatic N) is 1. The zero-order valence-corrected chi connectivity index (χ0v) is 13.1. The number of halogens is 1. The maximum absolute atomic E-state index is 14.0. The Balaban J connectivity index is 2.07. The minimum absolute atomic E-state index is 0.142. The van der Waals surface area contributed by atoms with Crippen molar-refractivity contribution in [2.45, 2.75) is 32.7 Å². The van der Waals surface area contributed by atoms with Gasteiger partial charge in [-0.25, -0.2) is 4.39 Å². The van der Waals surface area contributed by atoms with E-state index >= 15 is 0 Å². The molecule has 0 aliphatic carbocycles. The normalized spacial score (nSPS) is 19.7. The van der Waals surface area contributed by atoms with Gasteiger partial charge in [0, 0.05) is 31.7 Å². The number of rotatable bonds is 8. The molecule has 118 valence electrons. The molecule has 0 amide bonds. The molecule has 1 N–H and O–H groups in total. The van der Waals surface area contributed by atoms with Crippen molar-refractivity contribution in [2.75, 3.05) is 37.7 Å². The highest BCUT2D eigenvalue weighted by Crippen LogP contribution is 2.22. The van der Waals surface area contributed by atoms with Gasteiger partial charge in [-0.2, -0.15) is 0 Å². The Labute approximate surface area is 127 Å². The molecule has 21 heavy (non-hydrogen) atoms. The van der Waals surface area contributed by atoms with Crippen LogP contribution in [0.3, 0.4) is 0 Å². The molecule has 0 bridgehead atoms. The lowest BCUT2D eigenvalue weighted by Gasteiger charge is -2.32. The number of benzene rings is 1. The summed E-state index contributed by atoms with van der Waals surface area (Å²) >= 11 is 0. The van der Waals surface area contributed by atoms with E-state index in [-0.39, 0.29) is 5.82 Å². The highest BCUT2D eigenvalue weighted by Gasteiger charge is 2.27. The third kappa shape index (κ3) is 4.42. The average Bonchev–Trinajstić information content (AvgIpc) is 3.03. The van der Waals surface area contributed by atoms with Crippen molar-refractivity contribution in [3.05, 3.63) is 30.1 Å². The van der Waals surface area contributed by atoms with Crippen LogP contribution in [0.4, 0.5) is 10.1 Å². The van der Waals surface area contributed by atoms with E-state index in [0.717, 1.165) is 45.7 Å². The molecular weight excluding hydrogens is 267 g/mol. The topological polar surface area (TPSA) is 24.5 Å². The van der Waals surface area contributed by atoms with Crippen molar-refractivity contribution in [3.63, 3.8) is 0 Å². The maximum atomic E-state index is 14.0. The SMILES string of the molecule is CCCNC(CN(CC)c1ccccc1F)C1CCOC1. The zero-order valence-electron chi connectivity index (χ0n) is 13.1. The van der Waals surface area contributed by atoms with Gasteiger partial charge in [-0.1, -0.05) is 19.1 Å². The minimum Gasteiger partial charge on any atom is -0.381 e. The van der Waals surface area contributed by atoms with E-state index in [1.165, 1.54) is 6.07 Å². The predicted molar refractivity (Wildman–Crippen MR) is 85.3 cm³/mol. The van der Waals surface area contributed by atoms with Crippen LogP contribution in [0.15, 0.2) is 24.3 Å². The Morgan fingerprint density at radius 3 is 2.81 bits per heavy atom. The third-order valence-electron chi connectivity index (χ3n) is 4.18. The summed E-state index contributed by atoms with van der Waals surface area (Å²) in [5, 5.41) is 3.62. The molecule has 2 rings (SSSR count). The van der Waals surface area contributed by atoms with Crippen molar-refractivity contribution in [1.82, 2.24) is 5.32 Å². The number of hydrogen-bond acceptors (Lipinski definition) is 3. The van der Waals surface area contributed by atoms with E-state index in [9.17, 15) is 4.39 Å². The molecule has 3 nitrogen and oxygen atoms in total. The monoisotopic (exact) mass is 294 g/mol. The van der Waals surface area contributed by atoms with Crippen LogP contribution in [0.1, 0.15) is 26.7 Å². The Hall–Kier alpha value is -1.13. The fourth-order valence-corrected chi connectivity index (χ4v) is 2.92. The average molecular weight is 294 g/mol. The highest BCUT2D eigenvalue weighted by molar-refractivity contribution is 5.47. The van der Waals surface area contributed by atoms with E-state index in [2.05, 4.69) is 24.1 Å². The largest absolute Gasteiger partial charge is 0.381 e. The first-order valence-electron chi connectivity index (χ1n) is 8.06. The number of anilines is 1. The van der Waals surface area contributed by atoms with Crippen LogP contribution in [0.25, 0.3) is 0 Å². The molecule has 0 aromatic heterocycles. The zero-order chi connectivity index (χ0) is 15.1. The molecule has 1 fully saturated rings. The minimum atomic E-state index is -0.142. The molecule has 4 heteroatoms. The van der Waals surface area contributed by atoms with Crippen molar-refractivity contribution in [1.29, 1.82) is 0 Å². The summed E-state index contributed by atoms with van der Waals surface area (Å²) in [6, 6.07) is 7.39. The summed E-state index contributed by atoms with van der Waals surface area (Å²) in [6.45, 7) is 8.54. The molecule has 1 aromatic carbocycles. The lowest BCUT2D eigenvalue weighted by atomic mass is 9.98. The van der Waals surface area contributed by atoms with Gasteiger partial charge in [0.15, 0.2) is 0 Å². The Kier molecular flexibility index (Phi) is 6.46. The van der Waals surface area contributed by atoms with Gasteiger partial charge >= 0.3 is 0 Å². The molecular formula is C17H27FN2O. The molecule has 1 aliphatic rings. The molecule has 1 aromatic rings. The van der Waals surface area contributed by atoms with Gasteiger partial charge in [0.1, 0.15) is 5.82 Å². The van der Waals surface area contributed by atoms with Crippen LogP contribution >= 0.6 is 0 Å². The van der Waals surface area contributed by atoms with E-state index in [0.29, 0.717) is 17.6 Å². The van der Waals surface area contributed by atoms with Gasteiger partial charge in [0.05, 0.1) is 12.3 Å². The van der Waals surface area contributed by atoms with Crippen LogP contribution < -0.4 is 10.2 Å². The number of likely N-dealkylation sites (N-methyl/N-ethyl adjacent to an activating group) is 1. The number of ether oxygens (including phenoxy) is 1. The Morgan fingerprint density at radius 1 is 1.38 bits per heavy atom. The third-order valence-corrected chi connectivity index (χ3v) is 4.18. The Bertz CT molecular complexity index is 421. The summed E-state index contributed by atoms with van der Waals surface area (Å²) in [6.07, 6.45) is 2.20. The molecule has 1 aliphatic heterocycles. The van der Waals surface area contributed by atoms with E-state index in [1.807, 2.05) is 12.1 Å². The molecule has 0 spiro atoms. The van der Waals surface area contributed by atoms with Crippen LogP contribution in [-0.2, 0) is 4.74 Å². The second-order valence-corrected chi connectivity index (χ2v) is 5.67. The summed E-state index contributed by atoms with van der Waals surface area (Å²) in [5.41, 5.74) is 0.696. The van der Waals surface area contributed by atoms with Crippen molar-refractivity contribution in [2.24, 2.45) is 5.92 Å². The van der Waals surface area contributed by atoms with Gasteiger partial charge in [-0.15, -0.1) is 0 Å². The number of hydrogen-bond donors (Lipinski definition) is 1. The lowest BCUT2D eigenvalue weighted by Crippen LogP contribution is -2.46. The molecule has 0 radical (unpaired) electrons. The van der Waals surface area contributed by atoms with Gasteiger partial charge < -0.3 is 15.0 Å². The predicted octanol–water partition coefficient (Wildman–Crippen LogP) is 3.06. The Morgan fingerprint density at radius 2 is 2.19 bits per heavy atom. The van der Waals surface area contributed by atoms with Crippen molar-refractivity contribution in [3.8, 4) is 0 Å². The molecule has 1 saturated heterocycles. The highest BCUT2D eigenvalue weighted by atomic mass is 19.1. The maximum Gasteiger partial charge on any atom is 0.146 e. The fourth-order valence-electron chi connectivity index (χ4n) is 2.92. The molecule has 2 unspecified atom stereocenters. The van der Waals surface area contributed by atoms with E-state index < -0.39 is 0 Å². The van der Waals surface area contributed by atoms with Crippen molar-refractivity contribution >= 4 is 5.69 Å². The summed E-state index contributed by atoms with van der Waals surface area (Å²) in [7, 11) is 0. The molecule has 1 heterocycles. The smallest absolute Gasteiger partial charge is 0.146 e. The quantitative estimate of drug-likeness (QED) is 0.797. The van der Waals surface area contributed by atoms with E-state index in [1.54, 1.807) is 6.07 Å². The first-order valence-corrected chi connectivity index (χ1v) is 8.06. The number of nitrogens with one attached hydrogen (secondary N) is 1. The van der Waals surface area contributed by atoms with Crippen LogP contribution in [0.5, 0.6) is 0 Å². The lowest BCUT2D eigenvalue weighted by molar-refractivity contribution is 0.177. The molecule has 0 saturated carbocycles.